The van der Waals surface area contributed by atoms with E-state index in [0.29, 0.717) is 11.1 Å². The highest BCUT2D eigenvalue weighted by Crippen LogP contribution is 2.31. The minimum Gasteiger partial charge on any atom is -0.287 e. The lowest BCUT2D eigenvalue weighted by atomic mass is 9.95. The Kier molecular flexibility index (Phi) is 4.98. The van der Waals surface area contributed by atoms with Crippen LogP contribution in [-0.2, 0) is 20.2 Å². The van der Waals surface area contributed by atoms with E-state index < -0.39 is 30.9 Å². The number of hydrogen-bond acceptors (Lipinski definition) is 7. The SMILES string of the molecule is O=C1/C(=N\Nc2ccc(S(=O)(=O)O)c3ccccc23)C=C(S(=O)(=O)O)c2ccccc21. The summed E-state index contributed by atoms with van der Waals surface area (Å²) in [6.45, 7) is 0. The molecule has 1 aliphatic carbocycles. The van der Waals surface area contributed by atoms with Crippen molar-refractivity contribution < 1.29 is 30.7 Å². The van der Waals surface area contributed by atoms with Crippen LogP contribution in [0, 0.1) is 0 Å². The topological polar surface area (TPSA) is 150 Å². The van der Waals surface area contributed by atoms with E-state index in [1.807, 2.05) is 0 Å². The van der Waals surface area contributed by atoms with E-state index >= 15 is 0 Å². The molecule has 0 bridgehead atoms. The summed E-state index contributed by atoms with van der Waals surface area (Å²) in [6.07, 6.45) is 0.960. The molecule has 0 fully saturated rings. The summed E-state index contributed by atoms with van der Waals surface area (Å²) in [5.74, 6) is -0.561. The average Bonchev–Trinajstić information content (AvgIpc) is 2.71. The van der Waals surface area contributed by atoms with Crippen LogP contribution in [0.2, 0.25) is 0 Å². The molecule has 0 spiro atoms. The number of anilines is 1. The van der Waals surface area contributed by atoms with Crippen molar-refractivity contribution in [1.29, 1.82) is 0 Å². The summed E-state index contributed by atoms with van der Waals surface area (Å²) in [5, 5.41) is 4.61. The van der Waals surface area contributed by atoms with Gasteiger partial charge in [0.15, 0.2) is 0 Å². The Bertz CT molecular complexity index is 1520. The molecule has 11 heteroatoms. The molecular weight excluding hydrogens is 444 g/mol. The Morgan fingerprint density at radius 1 is 0.742 bits per heavy atom. The van der Waals surface area contributed by atoms with E-state index in [1.54, 1.807) is 24.3 Å². The second-order valence-corrected chi connectivity index (χ2v) is 9.38. The lowest BCUT2D eigenvalue weighted by molar-refractivity contribution is 0.106. The maximum atomic E-state index is 12.8. The van der Waals surface area contributed by atoms with E-state index in [2.05, 4.69) is 10.5 Å². The minimum atomic E-state index is -4.63. The first-order valence-electron chi connectivity index (χ1n) is 8.73. The predicted octanol–water partition coefficient (Wildman–Crippen LogP) is 2.98. The van der Waals surface area contributed by atoms with Crippen LogP contribution in [0.3, 0.4) is 0 Å². The molecule has 9 nitrogen and oxygen atoms in total. The highest BCUT2D eigenvalue weighted by molar-refractivity contribution is 7.95. The number of nitrogens with one attached hydrogen (secondary N) is 1. The van der Waals surface area contributed by atoms with Gasteiger partial charge < -0.3 is 0 Å². The number of fused-ring (bicyclic) bond motifs is 2. The second-order valence-electron chi connectivity index (χ2n) is 6.60. The lowest BCUT2D eigenvalue weighted by Crippen LogP contribution is -2.22. The predicted molar refractivity (Wildman–Crippen MR) is 115 cm³/mol. The molecule has 4 rings (SSSR count). The van der Waals surface area contributed by atoms with Gasteiger partial charge in [-0.2, -0.15) is 21.9 Å². The number of rotatable bonds is 4. The number of carbonyl (C=O) groups excluding carboxylic acids is 1. The van der Waals surface area contributed by atoms with Crippen LogP contribution in [0.5, 0.6) is 0 Å². The zero-order valence-electron chi connectivity index (χ0n) is 15.6. The van der Waals surface area contributed by atoms with Crippen molar-refractivity contribution >= 4 is 53.1 Å². The van der Waals surface area contributed by atoms with Crippen LogP contribution >= 0.6 is 0 Å². The number of carbonyl (C=O) groups is 1. The average molecular weight is 458 g/mol. The van der Waals surface area contributed by atoms with Crippen molar-refractivity contribution in [2.75, 3.05) is 5.43 Å². The number of hydrazone groups is 1. The molecule has 31 heavy (non-hydrogen) atoms. The normalized spacial score (nSPS) is 15.6. The molecular formula is C20H14N2O7S2. The summed E-state index contributed by atoms with van der Waals surface area (Å²) in [6, 6.07) is 14.8. The van der Waals surface area contributed by atoms with Crippen LogP contribution in [0.1, 0.15) is 15.9 Å². The molecule has 3 aromatic carbocycles. The highest BCUT2D eigenvalue weighted by atomic mass is 32.2. The first-order chi connectivity index (χ1) is 14.6. The number of ketones is 1. The van der Waals surface area contributed by atoms with Gasteiger partial charge in [0.05, 0.1) is 5.69 Å². The molecule has 0 radical (unpaired) electrons. The molecule has 0 atom stereocenters. The molecule has 0 amide bonds. The van der Waals surface area contributed by atoms with Crippen molar-refractivity contribution in [2.45, 2.75) is 4.90 Å². The molecule has 0 unspecified atom stereocenters. The van der Waals surface area contributed by atoms with E-state index in [1.165, 1.54) is 36.4 Å². The van der Waals surface area contributed by atoms with Gasteiger partial charge in [0.2, 0.25) is 5.78 Å². The summed E-state index contributed by atoms with van der Waals surface area (Å²) in [4.78, 5) is 12.0. The summed E-state index contributed by atoms with van der Waals surface area (Å²) in [5.41, 5.74) is 2.81. The van der Waals surface area contributed by atoms with Gasteiger partial charge in [-0.05, 0) is 18.2 Å². The fourth-order valence-corrected chi connectivity index (χ4v) is 4.72. The van der Waals surface area contributed by atoms with Crippen LogP contribution in [-0.4, -0.2) is 37.4 Å². The van der Waals surface area contributed by atoms with Crippen molar-refractivity contribution in [3.63, 3.8) is 0 Å². The van der Waals surface area contributed by atoms with E-state index in [0.717, 1.165) is 6.08 Å². The highest BCUT2D eigenvalue weighted by Gasteiger charge is 2.30. The Labute approximate surface area is 177 Å². The van der Waals surface area contributed by atoms with E-state index in [4.69, 9.17) is 0 Å². The van der Waals surface area contributed by atoms with Gasteiger partial charge in [-0.1, -0.05) is 48.5 Å². The minimum absolute atomic E-state index is 0.0600. The Morgan fingerprint density at radius 3 is 2.00 bits per heavy atom. The summed E-state index contributed by atoms with van der Waals surface area (Å²) < 4.78 is 65.9. The fourth-order valence-electron chi connectivity index (χ4n) is 3.31. The van der Waals surface area contributed by atoms with Gasteiger partial charge in [-0.15, -0.1) is 0 Å². The van der Waals surface area contributed by atoms with E-state index in [9.17, 15) is 30.7 Å². The maximum Gasteiger partial charge on any atom is 0.295 e. The van der Waals surface area contributed by atoms with Crippen LogP contribution in [0.4, 0.5) is 5.69 Å². The van der Waals surface area contributed by atoms with Crippen LogP contribution < -0.4 is 5.43 Å². The van der Waals surface area contributed by atoms with Gasteiger partial charge in [0.25, 0.3) is 20.2 Å². The third-order valence-electron chi connectivity index (χ3n) is 4.67. The zero-order chi connectivity index (χ0) is 22.4. The smallest absolute Gasteiger partial charge is 0.287 e. The van der Waals surface area contributed by atoms with Gasteiger partial charge in [-0.25, -0.2) is 0 Å². The molecule has 0 saturated heterocycles. The van der Waals surface area contributed by atoms with Crippen LogP contribution in [0.15, 0.2) is 76.7 Å². The number of Topliss-reactive ketones (excluding diaryl/α,β-unsaturated/α-hetero) is 1. The van der Waals surface area contributed by atoms with Crippen molar-refractivity contribution in [2.24, 2.45) is 5.10 Å². The first kappa shape index (κ1) is 20.9. The standard InChI is InChI=1S/C20H14N2O7S2/c23-20-15-8-4-3-7-14(15)19(31(27,28)29)11-17(20)22-21-16-9-10-18(30(24,25)26)13-6-2-1-5-12(13)16/h1-11,21H,(H,24,25,26)(H,27,28,29)/b22-17-. The Balaban J connectivity index is 1.83. The molecule has 0 heterocycles. The van der Waals surface area contributed by atoms with Gasteiger partial charge in [0.1, 0.15) is 15.5 Å². The fraction of sp³-hybridized carbons (Fsp3) is 0. The second kappa shape index (κ2) is 7.39. The molecule has 1 aliphatic rings. The maximum absolute atomic E-state index is 12.8. The number of allylic oxidation sites excluding steroid dienone is 1. The number of nitrogens with zero attached hydrogens (tertiary/aromatic N) is 1. The molecule has 3 N–H and O–H groups in total. The Hall–Kier alpha value is -3.38. The Morgan fingerprint density at radius 2 is 1.35 bits per heavy atom. The summed E-state index contributed by atoms with van der Waals surface area (Å²) in [7, 11) is -9.10. The number of benzene rings is 3. The number of hydrogen-bond donors (Lipinski definition) is 3. The molecule has 3 aromatic rings. The first-order valence-corrected chi connectivity index (χ1v) is 11.6. The van der Waals surface area contributed by atoms with Gasteiger partial charge in [-0.3, -0.25) is 19.3 Å². The molecule has 0 saturated carbocycles. The van der Waals surface area contributed by atoms with E-state index in [-0.39, 0.29) is 27.1 Å². The molecule has 158 valence electrons. The molecule has 0 aromatic heterocycles. The summed E-state index contributed by atoms with van der Waals surface area (Å²) >= 11 is 0. The monoisotopic (exact) mass is 458 g/mol. The third-order valence-corrected chi connectivity index (χ3v) is 6.48. The van der Waals surface area contributed by atoms with Gasteiger partial charge >= 0.3 is 0 Å². The van der Waals surface area contributed by atoms with Crippen molar-refractivity contribution in [3.8, 4) is 0 Å². The third kappa shape index (κ3) is 3.86. The van der Waals surface area contributed by atoms with Crippen molar-refractivity contribution in [3.05, 3.63) is 77.9 Å². The molecule has 0 aliphatic heterocycles. The largest absolute Gasteiger partial charge is 0.295 e. The van der Waals surface area contributed by atoms with Crippen LogP contribution in [0.25, 0.3) is 15.7 Å². The van der Waals surface area contributed by atoms with Crippen molar-refractivity contribution in [1.82, 2.24) is 0 Å². The lowest BCUT2D eigenvalue weighted by Gasteiger charge is -2.16. The quantitative estimate of drug-likeness (QED) is 0.399. The van der Waals surface area contributed by atoms with Gasteiger partial charge in [0, 0.05) is 21.9 Å². The zero-order valence-corrected chi connectivity index (χ0v) is 17.2.